The van der Waals surface area contributed by atoms with E-state index in [1.54, 1.807) is 11.3 Å². The highest BCUT2D eigenvalue weighted by molar-refractivity contribution is 7.19. The van der Waals surface area contributed by atoms with Crippen LogP contribution in [0.25, 0.3) is 65.0 Å². The number of fused-ring (bicyclic) bond motifs is 6. The van der Waals surface area contributed by atoms with E-state index in [1.807, 2.05) is 18.2 Å². The summed E-state index contributed by atoms with van der Waals surface area (Å²) in [5, 5.41) is 5.76. The van der Waals surface area contributed by atoms with Crippen LogP contribution >= 0.6 is 11.3 Å². The van der Waals surface area contributed by atoms with Gasteiger partial charge in [-0.25, -0.2) is 4.98 Å². The van der Waals surface area contributed by atoms with E-state index in [0.717, 1.165) is 55.3 Å². The summed E-state index contributed by atoms with van der Waals surface area (Å²) < 4.78 is 6.52. The maximum absolute atomic E-state index is 6.52. The van der Waals surface area contributed by atoms with Gasteiger partial charge in [0.1, 0.15) is 10.6 Å². The first kappa shape index (κ1) is 22.6. The van der Waals surface area contributed by atoms with E-state index in [0.29, 0.717) is 0 Å². The molecular formula is C37H22N2OS. The smallest absolute Gasteiger partial charge is 0.159 e. The van der Waals surface area contributed by atoms with E-state index in [2.05, 4.69) is 120 Å². The lowest BCUT2D eigenvalue weighted by atomic mass is 10.0. The molecule has 3 nitrogen and oxygen atoms in total. The van der Waals surface area contributed by atoms with Gasteiger partial charge in [0.2, 0.25) is 0 Å². The van der Waals surface area contributed by atoms with Crippen LogP contribution in [0.5, 0.6) is 0 Å². The van der Waals surface area contributed by atoms with Crippen molar-refractivity contribution in [2.45, 2.75) is 0 Å². The van der Waals surface area contributed by atoms with Crippen LogP contribution in [-0.4, -0.2) is 4.98 Å². The van der Waals surface area contributed by atoms with Crippen LogP contribution in [0.1, 0.15) is 0 Å². The van der Waals surface area contributed by atoms with E-state index in [-0.39, 0.29) is 0 Å². The third kappa shape index (κ3) is 3.28. The number of aromatic nitrogens is 1. The molecule has 0 radical (unpaired) electrons. The molecule has 1 aliphatic rings. The van der Waals surface area contributed by atoms with Crippen molar-refractivity contribution in [2.24, 2.45) is 0 Å². The van der Waals surface area contributed by atoms with Gasteiger partial charge in [0, 0.05) is 43.9 Å². The summed E-state index contributed by atoms with van der Waals surface area (Å²) in [7, 11) is 0. The van der Waals surface area contributed by atoms with Crippen LogP contribution in [0.3, 0.4) is 0 Å². The predicted octanol–water partition coefficient (Wildman–Crippen LogP) is 11.0. The van der Waals surface area contributed by atoms with Gasteiger partial charge >= 0.3 is 0 Å². The Kier molecular flexibility index (Phi) is 4.77. The summed E-state index contributed by atoms with van der Waals surface area (Å²) >= 11 is 1.78. The van der Waals surface area contributed by atoms with Gasteiger partial charge in [-0.15, -0.1) is 11.3 Å². The van der Waals surface area contributed by atoms with Gasteiger partial charge in [0.05, 0.1) is 21.9 Å². The monoisotopic (exact) mass is 542 g/mol. The van der Waals surface area contributed by atoms with Crippen molar-refractivity contribution in [2.75, 3.05) is 4.90 Å². The second kappa shape index (κ2) is 8.65. The lowest BCUT2D eigenvalue weighted by molar-refractivity contribution is 0.669. The Bertz CT molecular complexity index is 2240. The number of thiazole rings is 1. The highest BCUT2D eigenvalue weighted by Crippen LogP contribution is 2.54. The van der Waals surface area contributed by atoms with Crippen molar-refractivity contribution in [1.82, 2.24) is 4.98 Å². The van der Waals surface area contributed by atoms with Crippen molar-refractivity contribution < 1.29 is 4.42 Å². The van der Waals surface area contributed by atoms with Crippen molar-refractivity contribution >= 4 is 61.1 Å². The summed E-state index contributed by atoms with van der Waals surface area (Å²) in [6.45, 7) is 0. The minimum Gasteiger partial charge on any atom is -0.454 e. The third-order valence-corrected chi connectivity index (χ3v) is 9.18. The molecule has 0 saturated carbocycles. The van der Waals surface area contributed by atoms with Crippen molar-refractivity contribution in [1.29, 1.82) is 0 Å². The Labute approximate surface area is 240 Å². The van der Waals surface area contributed by atoms with Crippen LogP contribution in [0, 0.1) is 0 Å². The summed E-state index contributed by atoms with van der Waals surface area (Å²) in [5.74, 6) is 0. The molecule has 1 aliphatic carbocycles. The largest absolute Gasteiger partial charge is 0.454 e. The first-order valence-corrected chi connectivity index (χ1v) is 14.5. The topological polar surface area (TPSA) is 29.3 Å². The Morgan fingerprint density at radius 1 is 0.561 bits per heavy atom. The molecule has 8 aromatic rings. The molecule has 192 valence electrons. The molecule has 0 aliphatic heterocycles. The average molecular weight is 543 g/mol. The number of benzene rings is 6. The zero-order valence-corrected chi connectivity index (χ0v) is 22.7. The normalized spacial score (nSPS) is 11.9. The van der Waals surface area contributed by atoms with Gasteiger partial charge in [-0.3, -0.25) is 0 Å². The second-order valence-corrected chi connectivity index (χ2v) is 11.3. The van der Waals surface area contributed by atoms with Gasteiger partial charge < -0.3 is 9.32 Å². The molecule has 0 unspecified atom stereocenters. The number of para-hydroxylation sites is 3. The maximum atomic E-state index is 6.52. The van der Waals surface area contributed by atoms with E-state index in [9.17, 15) is 0 Å². The molecule has 0 bridgehead atoms. The van der Waals surface area contributed by atoms with E-state index in [1.165, 1.54) is 26.8 Å². The summed E-state index contributed by atoms with van der Waals surface area (Å²) in [6, 6.07) is 46.9. The predicted molar refractivity (Wildman–Crippen MR) is 171 cm³/mol. The zero-order valence-electron chi connectivity index (χ0n) is 21.9. The van der Waals surface area contributed by atoms with E-state index >= 15 is 0 Å². The third-order valence-electron chi connectivity index (χ3n) is 8.04. The van der Waals surface area contributed by atoms with Crippen molar-refractivity contribution in [3.63, 3.8) is 0 Å². The molecule has 0 saturated heterocycles. The molecule has 0 amide bonds. The van der Waals surface area contributed by atoms with Crippen LogP contribution in [-0.2, 0) is 0 Å². The second-order valence-electron chi connectivity index (χ2n) is 10.3. The standard InChI is InChI=1S/C37H22N2OS/c1-3-11-23(12-4-1)37-38-34-28-18-9-17-27-30(22-21-29(33(27)28)36(34)41-37)39(24-13-5-2-6-14-24)31-19-10-16-26-25-15-7-8-20-32(25)40-35(26)31/h1-22H. The van der Waals surface area contributed by atoms with Gasteiger partial charge in [-0.2, -0.15) is 0 Å². The minimum atomic E-state index is 0.883. The SMILES string of the molecule is c1ccc(-c2nc3c(s2)-c2ccc(N(c4ccccc4)c4cccc5c4oc4ccccc45)c4cccc-3c24)cc1. The minimum absolute atomic E-state index is 0.883. The number of hydrogen-bond donors (Lipinski definition) is 0. The average Bonchev–Trinajstić information content (AvgIpc) is 3.72. The molecule has 2 heterocycles. The number of rotatable bonds is 4. The van der Waals surface area contributed by atoms with Gasteiger partial charge in [-0.05, 0) is 30.3 Å². The zero-order chi connectivity index (χ0) is 26.9. The molecule has 9 rings (SSSR count). The number of nitrogens with zero attached hydrogens (tertiary/aromatic N) is 2. The molecule has 0 spiro atoms. The van der Waals surface area contributed by atoms with Gasteiger partial charge in [0.15, 0.2) is 5.58 Å². The van der Waals surface area contributed by atoms with Crippen molar-refractivity contribution in [3.05, 3.63) is 133 Å². The van der Waals surface area contributed by atoms with Gasteiger partial charge in [-0.1, -0.05) is 103 Å². The molecule has 6 aromatic carbocycles. The van der Waals surface area contributed by atoms with Crippen LogP contribution in [0.15, 0.2) is 138 Å². The highest BCUT2D eigenvalue weighted by Gasteiger charge is 2.29. The number of anilines is 3. The maximum Gasteiger partial charge on any atom is 0.159 e. The fraction of sp³-hybridized carbons (Fsp3) is 0. The molecule has 0 atom stereocenters. The molecule has 2 aromatic heterocycles. The fourth-order valence-electron chi connectivity index (χ4n) is 6.26. The lowest BCUT2D eigenvalue weighted by Gasteiger charge is -2.27. The first-order chi connectivity index (χ1) is 20.3. The summed E-state index contributed by atoms with van der Waals surface area (Å²) in [6.07, 6.45) is 0. The molecule has 0 N–H and O–H groups in total. The number of hydrogen-bond acceptors (Lipinski definition) is 4. The Morgan fingerprint density at radius 2 is 1.29 bits per heavy atom. The van der Waals surface area contributed by atoms with E-state index < -0.39 is 0 Å². The first-order valence-electron chi connectivity index (χ1n) is 13.7. The lowest BCUT2D eigenvalue weighted by Crippen LogP contribution is -2.10. The van der Waals surface area contributed by atoms with Crippen LogP contribution in [0.4, 0.5) is 17.1 Å². The van der Waals surface area contributed by atoms with E-state index in [4.69, 9.17) is 9.40 Å². The summed E-state index contributed by atoms with van der Waals surface area (Å²) in [5.41, 5.74) is 9.68. The Hall–Kier alpha value is -5.19. The molecule has 4 heteroatoms. The quantitative estimate of drug-likeness (QED) is 0.221. The highest BCUT2D eigenvalue weighted by atomic mass is 32.1. The Morgan fingerprint density at radius 3 is 2.17 bits per heavy atom. The van der Waals surface area contributed by atoms with Crippen molar-refractivity contribution in [3.8, 4) is 32.3 Å². The molecule has 41 heavy (non-hydrogen) atoms. The molecular weight excluding hydrogens is 520 g/mol. The fourth-order valence-corrected chi connectivity index (χ4v) is 7.37. The summed E-state index contributed by atoms with van der Waals surface area (Å²) in [4.78, 5) is 8.73. The van der Waals surface area contributed by atoms with Crippen LogP contribution in [0.2, 0.25) is 0 Å². The van der Waals surface area contributed by atoms with Gasteiger partial charge in [0.25, 0.3) is 0 Å². The number of furan rings is 1. The Balaban J connectivity index is 1.29. The molecule has 0 fully saturated rings. The van der Waals surface area contributed by atoms with Crippen LogP contribution < -0.4 is 4.90 Å².